The van der Waals surface area contributed by atoms with Gasteiger partial charge in [-0.05, 0) is 47.1 Å². The maximum Gasteiger partial charge on any atom is 0.257 e. The van der Waals surface area contributed by atoms with Crippen molar-refractivity contribution in [2.24, 2.45) is 5.18 Å². The molecule has 42 heavy (non-hydrogen) atoms. The molecular formula is C32H40N4O6. The molecule has 3 aromatic rings. The standard InChI is InChI=1S/C32H40N4O6/c1-6-33-30(37)25-19-21(32(2,3)4)20-26(29(25)40-5)34-31(38)28(35-39)24-11-12-27(23-10-8-7-9-22(23)24)42-18-15-36-13-16-41-17-14-36/h7-12,19-20,28H,6,13-18H2,1-5H3,(H,33,37)(H,34,38). The molecular weight excluding hydrogens is 536 g/mol. The van der Waals surface area contributed by atoms with E-state index in [0.29, 0.717) is 35.4 Å². The number of fused-ring (bicyclic) bond motifs is 1. The number of nitrogens with zero attached hydrogens (tertiary/aromatic N) is 2. The fourth-order valence-electron chi connectivity index (χ4n) is 5.01. The van der Waals surface area contributed by atoms with Crippen molar-refractivity contribution in [2.75, 3.05) is 58.4 Å². The maximum atomic E-state index is 13.6. The number of ether oxygens (including phenoxy) is 3. The topological polar surface area (TPSA) is 119 Å². The van der Waals surface area contributed by atoms with Crippen LogP contribution in [0.25, 0.3) is 10.8 Å². The van der Waals surface area contributed by atoms with Gasteiger partial charge in [-0.3, -0.25) is 14.5 Å². The Morgan fingerprint density at radius 1 is 1.07 bits per heavy atom. The van der Waals surface area contributed by atoms with Crippen LogP contribution in [-0.4, -0.2) is 69.8 Å². The largest absolute Gasteiger partial charge is 0.494 e. The minimum atomic E-state index is -1.35. The number of nitroso groups, excluding NO2 is 1. The summed E-state index contributed by atoms with van der Waals surface area (Å²) >= 11 is 0. The van der Waals surface area contributed by atoms with Gasteiger partial charge in [-0.25, -0.2) is 0 Å². The van der Waals surface area contributed by atoms with Crippen LogP contribution >= 0.6 is 0 Å². The van der Waals surface area contributed by atoms with E-state index in [0.717, 1.165) is 43.8 Å². The average molecular weight is 577 g/mol. The fraction of sp³-hybridized carbons (Fsp3) is 0.438. The lowest BCUT2D eigenvalue weighted by Gasteiger charge is -2.26. The Labute approximate surface area is 246 Å². The molecule has 1 aliphatic heterocycles. The highest BCUT2D eigenvalue weighted by Crippen LogP contribution is 2.38. The van der Waals surface area contributed by atoms with Gasteiger partial charge in [0, 0.05) is 31.6 Å². The van der Waals surface area contributed by atoms with Crippen LogP contribution in [-0.2, 0) is 14.9 Å². The molecule has 1 saturated heterocycles. The van der Waals surface area contributed by atoms with E-state index in [4.69, 9.17) is 14.2 Å². The van der Waals surface area contributed by atoms with Gasteiger partial charge in [-0.15, -0.1) is 4.91 Å². The number of methoxy groups -OCH3 is 1. The van der Waals surface area contributed by atoms with Crippen molar-refractivity contribution in [3.63, 3.8) is 0 Å². The highest BCUT2D eigenvalue weighted by atomic mass is 16.5. The minimum absolute atomic E-state index is 0.209. The molecule has 2 N–H and O–H groups in total. The number of amides is 2. The molecule has 4 rings (SSSR count). The number of hydrogen-bond donors (Lipinski definition) is 2. The summed E-state index contributed by atoms with van der Waals surface area (Å²) in [6.07, 6.45) is 0. The van der Waals surface area contributed by atoms with Gasteiger partial charge in [0.05, 0.1) is 31.6 Å². The lowest BCUT2D eigenvalue weighted by molar-refractivity contribution is -0.117. The van der Waals surface area contributed by atoms with Crippen LogP contribution < -0.4 is 20.1 Å². The van der Waals surface area contributed by atoms with Crippen molar-refractivity contribution in [3.05, 3.63) is 70.1 Å². The summed E-state index contributed by atoms with van der Waals surface area (Å²) in [6.45, 7) is 12.7. The first-order chi connectivity index (χ1) is 20.2. The summed E-state index contributed by atoms with van der Waals surface area (Å²) in [4.78, 5) is 41.0. The molecule has 1 atom stereocenters. The van der Waals surface area contributed by atoms with E-state index in [1.165, 1.54) is 7.11 Å². The molecule has 0 aliphatic carbocycles. The van der Waals surface area contributed by atoms with E-state index in [9.17, 15) is 14.5 Å². The summed E-state index contributed by atoms with van der Waals surface area (Å²) in [5.41, 5.74) is 1.52. The van der Waals surface area contributed by atoms with Crippen molar-refractivity contribution in [1.29, 1.82) is 0 Å². The van der Waals surface area contributed by atoms with E-state index < -0.39 is 11.9 Å². The number of rotatable bonds is 11. The Morgan fingerprint density at radius 2 is 1.79 bits per heavy atom. The zero-order valence-corrected chi connectivity index (χ0v) is 25.0. The molecule has 1 aliphatic rings. The van der Waals surface area contributed by atoms with Crippen molar-refractivity contribution >= 4 is 28.3 Å². The molecule has 0 radical (unpaired) electrons. The third kappa shape index (κ3) is 7.06. The average Bonchev–Trinajstić information content (AvgIpc) is 2.98. The Hall–Kier alpha value is -4.02. The van der Waals surface area contributed by atoms with Crippen LogP contribution in [0.1, 0.15) is 55.2 Å². The van der Waals surface area contributed by atoms with Crippen molar-refractivity contribution in [1.82, 2.24) is 10.2 Å². The number of anilines is 1. The summed E-state index contributed by atoms with van der Waals surface area (Å²) in [5, 5.41) is 10.3. The molecule has 0 bridgehead atoms. The van der Waals surface area contributed by atoms with Crippen LogP contribution in [0.4, 0.5) is 5.69 Å². The number of carbonyl (C=O) groups excluding carboxylic acids is 2. The van der Waals surface area contributed by atoms with E-state index >= 15 is 0 Å². The quantitative estimate of drug-likeness (QED) is 0.307. The Morgan fingerprint density at radius 3 is 2.43 bits per heavy atom. The lowest BCUT2D eigenvalue weighted by atomic mass is 9.85. The van der Waals surface area contributed by atoms with Gasteiger partial charge in [-0.1, -0.05) is 56.3 Å². The highest BCUT2D eigenvalue weighted by molar-refractivity contribution is 6.04. The third-order valence-corrected chi connectivity index (χ3v) is 7.33. The first kappa shape index (κ1) is 30.9. The molecule has 10 heteroatoms. The molecule has 0 saturated carbocycles. The molecule has 0 aromatic heterocycles. The normalized spacial score (nSPS) is 14.7. The Bertz CT molecular complexity index is 1430. The summed E-state index contributed by atoms with van der Waals surface area (Å²) in [7, 11) is 1.44. The third-order valence-electron chi connectivity index (χ3n) is 7.33. The highest BCUT2D eigenvalue weighted by Gasteiger charge is 2.28. The second-order valence-corrected chi connectivity index (χ2v) is 11.2. The molecule has 1 fully saturated rings. The minimum Gasteiger partial charge on any atom is -0.494 e. The Balaban J connectivity index is 1.64. The predicted octanol–water partition coefficient (Wildman–Crippen LogP) is 5.05. The van der Waals surface area contributed by atoms with E-state index in [-0.39, 0.29) is 22.8 Å². The molecule has 1 unspecified atom stereocenters. The fourth-order valence-corrected chi connectivity index (χ4v) is 5.01. The lowest BCUT2D eigenvalue weighted by Crippen LogP contribution is -2.38. The van der Waals surface area contributed by atoms with Crippen molar-refractivity contribution < 1.29 is 23.8 Å². The second kappa shape index (κ2) is 13.8. The van der Waals surface area contributed by atoms with E-state index in [2.05, 4.69) is 20.7 Å². The van der Waals surface area contributed by atoms with Crippen LogP contribution in [0.15, 0.2) is 53.7 Å². The number of nitrogens with one attached hydrogen (secondary N) is 2. The predicted molar refractivity (Wildman–Crippen MR) is 164 cm³/mol. The summed E-state index contributed by atoms with van der Waals surface area (Å²) in [5.74, 6) is -0.0850. The number of benzene rings is 3. The molecule has 1 heterocycles. The van der Waals surface area contributed by atoms with Gasteiger partial charge < -0.3 is 24.8 Å². The zero-order valence-electron chi connectivity index (χ0n) is 25.0. The molecule has 10 nitrogen and oxygen atoms in total. The van der Waals surface area contributed by atoms with Gasteiger partial charge in [0.2, 0.25) is 0 Å². The summed E-state index contributed by atoms with van der Waals surface area (Å²) < 4.78 is 17.1. The van der Waals surface area contributed by atoms with Crippen LogP contribution in [0.3, 0.4) is 0 Å². The van der Waals surface area contributed by atoms with Crippen LogP contribution in [0, 0.1) is 4.91 Å². The molecule has 2 amide bonds. The van der Waals surface area contributed by atoms with E-state index in [1.807, 2.05) is 52.0 Å². The first-order valence-corrected chi connectivity index (χ1v) is 14.3. The first-order valence-electron chi connectivity index (χ1n) is 14.3. The van der Waals surface area contributed by atoms with Gasteiger partial charge in [0.25, 0.3) is 11.8 Å². The van der Waals surface area contributed by atoms with Crippen molar-refractivity contribution in [2.45, 2.75) is 39.2 Å². The monoisotopic (exact) mass is 576 g/mol. The van der Waals surface area contributed by atoms with E-state index in [1.54, 1.807) is 24.3 Å². The molecule has 3 aromatic carbocycles. The molecule has 0 spiro atoms. The summed E-state index contributed by atoms with van der Waals surface area (Å²) in [6, 6.07) is 13.1. The molecule has 224 valence electrons. The van der Waals surface area contributed by atoms with Gasteiger partial charge in [-0.2, -0.15) is 0 Å². The number of hydrogen-bond acceptors (Lipinski definition) is 8. The van der Waals surface area contributed by atoms with Gasteiger partial charge in [0.15, 0.2) is 11.8 Å². The van der Waals surface area contributed by atoms with Crippen LogP contribution in [0.2, 0.25) is 0 Å². The number of carbonyl (C=O) groups is 2. The van der Waals surface area contributed by atoms with Crippen molar-refractivity contribution in [3.8, 4) is 11.5 Å². The zero-order chi connectivity index (χ0) is 30.3. The van der Waals surface area contributed by atoms with Gasteiger partial charge >= 0.3 is 0 Å². The second-order valence-electron chi connectivity index (χ2n) is 11.2. The van der Waals surface area contributed by atoms with Gasteiger partial charge in [0.1, 0.15) is 12.4 Å². The Kier molecular flexibility index (Phi) is 10.1. The smallest absolute Gasteiger partial charge is 0.257 e. The maximum absolute atomic E-state index is 13.6. The number of morpholine rings is 1. The van der Waals surface area contributed by atoms with Crippen LogP contribution in [0.5, 0.6) is 11.5 Å². The SMILES string of the molecule is CCNC(=O)c1cc(C(C)(C)C)cc(NC(=O)C(N=O)c2ccc(OCCN3CCOCC3)c3ccccc23)c1OC.